The smallest absolute Gasteiger partial charge is 0.414 e. The van der Waals surface area contributed by atoms with E-state index in [-0.39, 0.29) is 16.7 Å². The summed E-state index contributed by atoms with van der Waals surface area (Å²) in [6, 6.07) is 11.0. The van der Waals surface area contributed by atoms with Crippen molar-refractivity contribution in [1.29, 1.82) is 0 Å². The molecule has 7 nitrogen and oxygen atoms in total. The highest BCUT2D eigenvalue weighted by Crippen LogP contribution is 2.36. The number of hydrogen-bond acceptors (Lipinski definition) is 5. The standard InChI is InChI=1S/C18H16BrN3O4/c19-13-4-5-16(17(10-13)22(24)25)20-7-6-14-12(11-20)2-1-3-15(14)21-8-9-26-18(21)23/h1-5,10H,6-9,11H2. The first-order chi connectivity index (χ1) is 12.5. The molecule has 0 saturated carbocycles. The lowest BCUT2D eigenvalue weighted by atomic mass is 9.96. The van der Waals surface area contributed by atoms with Crippen LogP contribution in [0.2, 0.25) is 0 Å². The number of ether oxygens (including phenoxy) is 1. The third kappa shape index (κ3) is 2.90. The number of anilines is 2. The van der Waals surface area contributed by atoms with Crippen LogP contribution in [-0.4, -0.2) is 30.7 Å². The maximum atomic E-state index is 11.9. The summed E-state index contributed by atoms with van der Waals surface area (Å²) >= 11 is 3.29. The number of nitro benzene ring substituents is 1. The van der Waals surface area contributed by atoms with Crippen molar-refractivity contribution in [3.8, 4) is 0 Å². The number of carbonyl (C=O) groups excluding carboxylic acids is 1. The van der Waals surface area contributed by atoms with Crippen LogP contribution < -0.4 is 9.80 Å². The summed E-state index contributed by atoms with van der Waals surface area (Å²) in [5, 5.41) is 11.4. The molecule has 0 aromatic heterocycles. The van der Waals surface area contributed by atoms with Gasteiger partial charge in [-0.3, -0.25) is 15.0 Å². The molecule has 2 aliphatic heterocycles. The molecule has 2 aliphatic rings. The number of cyclic esters (lactones) is 1. The molecule has 4 rings (SSSR count). The van der Waals surface area contributed by atoms with Gasteiger partial charge in [0.05, 0.1) is 17.2 Å². The predicted octanol–water partition coefficient (Wildman–Crippen LogP) is 3.88. The van der Waals surface area contributed by atoms with Crippen molar-refractivity contribution < 1.29 is 14.5 Å². The maximum Gasteiger partial charge on any atom is 0.414 e. The Bertz CT molecular complexity index is 902. The number of carbonyl (C=O) groups is 1. The molecule has 0 atom stereocenters. The van der Waals surface area contributed by atoms with E-state index in [0.717, 1.165) is 16.8 Å². The summed E-state index contributed by atoms with van der Waals surface area (Å²) in [5.74, 6) is 0. The summed E-state index contributed by atoms with van der Waals surface area (Å²) in [6.07, 6.45) is 0.395. The Hall–Kier alpha value is -2.61. The third-order valence-electron chi connectivity index (χ3n) is 4.77. The fraction of sp³-hybridized carbons (Fsp3) is 0.278. The van der Waals surface area contributed by atoms with E-state index in [9.17, 15) is 14.9 Å². The van der Waals surface area contributed by atoms with Crippen LogP contribution in [0.25, 0.3) is 0 Å². The van der Waals surface area contributed by atoms with Crippen molar-refractivity contribution in [2.75, 3.05) is 29.5 Å². The molecule has 2 aromatic carbocycles. The minimum atomic E-state index is -0.355. The lowest BCUT2D eigenvalue weighted by molar-refractivity contribution is -0.384. The molecule has 0 spiro atoms. The molecule has 1 amide bonds. The first-order valence-corrected chi connectivity index (χ1v) is 9.08. The van der Waals surface area contributed by atoms with Crippen molar-refractivity contribution in [3.05, 3.63) is 62.1 Å². The molecule has 2 aromatic rings. The van der Waals surface area contributed by atoms with Crippen molar-refractivity contribution in [3.63, 3.8) is 0 Å². The summed E-state index contributed by atoms with van der Waals surface area (Å²) < 4.78 is 5.73. The molecule has 2 heterocycles. The highest BCUT2D eigenvalue weighted by atomic mass is 79.9. The molecule has 0 bridgehead atoms. The lowest BCUT2D eigenvalue weighted by Gasteiger charge is -2.32. The van der Waals surface area contributed by atoms with Crippen LogP contribution in [0.3, 0.4) is 0 Å². The average Bonchev–Trinajstić information content (AvgIpc) is 3.06. The molecule has 134 valence electrons. The van der Waals surface area contributed by atoms with Gasteiger partial charge in [-0.15, -0.1) is 0 Å². The summed E-state index contributed by atoms with van der Waals surface area (Å²) in [4.78, 5) is 26.7. The summed E-state index contributed by atoms with van der Waals surface area (Å²) in [6.45, 7) is 2.17. The van der Waals surface area contributed by atoms with Gasteiger partial charge in [-0.2, -0.15) is 0 Å². The second-order valence-electron chi connectivity index (χ2n) is 6.24. The Morgan fingerprint density at radius 2 is 2.00 bits per heavy atom. The van der Waals surface area contributed by atoms with E-state index in [2.05, 4.69) is 15.9 Å². The SMILES string of the molecule is O=C1OCCN1c1cccc2c1CCN(c1ccc(Br)cc1[N+](=O)[O-])C2. The fourth-order valence-electron chi connectivity index (χ4n) is 3.57. The molecule has 0 unspecified atom stereocenters. The largest absolute Gasteiger partial charge is 0.447 e. The molecular formula is C18H16BrN3O4. The third-order valence-corrected chi connectivity index (χ3v) is 5.26. The monoisotopic (exact) mass is 417 g/mol. The molecule has 0 radical (unpaired) electrons. The highest BCUT2D eigenvalue weighted by Gasteiger charge is 2.30. The first-order valence-electron chi connectivity index (χ1n) is 8.28. The van der Waals surface area contributed by atoms with E-state index >= 15 is 0 Å². The van der Waals surface area contributed by atoms with Gasteiger partial charge in [0, 0.05) is 23.6 Å². The second kappa shape index (κ2) is 6.60. The normalized spacial score (nSPS) is 16.4. The van der Waals surface area contributed by atoms with Gasteiger partial charge in [-0.1, -0.05) is 28.1 Å². The molecule has 1 saturated heterocycles. The quantitative estimate of drug-likeness (QED) is 0.559. The molecule has 1 fully saturated rings. The minimum Gasteiger partial charge on any atom is -0.447 e. The van der Waals surface area contributed by atoms with Crippen LogP contribution in [0.5, 0.6) is 0 Å². The van der Waals surface area contributed by atoms with E-state index in [0.29, 0.717) is 42.8 Å². The van der Waals surface area contributed by atoms with Gasteiger partial charge in [0.1, 0.15) is 12.3 Å². The van der Waals surface area contributed by atoms with Gasteiger partial charge >= 0.3 is 6.09 Å². The van der Waals surface area contributed by atoms with Crippen LogP contribution in [0.15, 0.2) is 40.9 Å². The summed E-state index contributed by atoms with van der Waals surface area (Å²) in [7, 11) is 0. The van der Waals surface area contributed by atoms with Gasteiger partial charge in [0.15, 0.2) is 0 Å². The zero-order chi connectivity index (χ0) is 18.3. The Morgan fingerprint density at radius 1 is 1.15 bits per heavy atom. The number of fused-ring (bicyclic) bond motifs is 1. The maximum absolute atomic E-state index is 11.9. The van der Waals surface area contributed by atoms with Crippen molar-refractivity contribution >= 4 is 39.1 Å². The Balaban J connectivity index is 1.68. The van der Waals surface area contributed by atoms with Crippen LogP contribution in [-0.2, 0) is 17.7 Å². The first kappa shape index (κ1) is 16.8. The Morgan fingerprint density at radius 3 is 2.73 bits per heavy atom. The van der Waals surface area contributed by atoms with Crippen LogP contribution in [0, 0.1) is 10.1 Å². The van der Waals surface area contributed by atoms with Crippen molar-refractivity contribution in [2.45, 2.75) is 13.0 Å². The zero-order valence-electron chi connectivity index (χ0n) is 13.9. The number of amides is 1. The number of rotatable bonds is 3. The number of nitrogens with zero attached hydrogens (tertiary/aromatic N) is 3. The molecule has 0 aliphatic carbocycles. The van der Waals surface area contributed by atoms with Gasteiger partial charge in [-0.05, 0) is 35.7 Å². The number of nitro groups is 1. The second-order valence-corrected chi connectivity index (χ2v) is 7.16. The zero-order valence-corrected chi connectivity index (χ0v) is 15.4. The van der Waals surface area contributed by atoms with Crippen LogP contribution >= 0.6 is 15.9 Å². The van der Waals surface area contributed by atoms with E-state index in [1.807, 2.05) is 29.2 Å². The highest BCUT2D eigenvalue weighted by molar-refractivity contribution is 9.10. The van der Waals surface area contributed by atoms with Crippen molar-refractivity contribution in [1.82, 2.24) is 0 Å². The Kier molecular flexibility index (Phi) is 4.28. The van der Waals surface area contributed by atoms with Crippen LogP contribution in [0.1, 0.15) is 11.1 Å². The average molecular weight is 418 g/mol. The number of halogens is 1. The van der Waals surface area contributed by atoms with Gasteiger partial charge < -0.3 is 9.64 Å². The number of hydrogen-bond donors (Lipinski definition) is 0. The van der Waals surface area contributed by atoms with E-state index < -0.39 is 0 Å². The van der Waals surface area contributed by atoms with Crippen molar-refractivity contribution in [2.24, 2.45) is 0 Å². The molecule has 8 heteroatoms. The fourth-order valence-corrected chi connectivity index (χ4v) is 3.92. The summed E-state index contributed by atoms with van der Waals surface area (Å²) in [5.41, 5.74) is 3.76. The van der Waals surface area contributed by atoms with Gasteiger partial charge in [-0.25, -0.2) is 4.79 Å². The molecule has 0 N–H and O–H groups in total. The van der Waals surface area contributed by atoms with Gasteiger partial charge in [0.25, 0.3) is 5.69 Å². The van der Waals surface area contributed by atoms with Gasteiger partial charge in [0.2, 0.25) is 0 Å². The van der Waals surface area contributed by atoms with E-state index in [1.165, 1.54) is 6.07 Å². The molecular weight excluding hydrogens is 402 g/mol. The van der Waals surface area contributed by atoms with E-state index in [4.69, 9.17) is 4.74 Å². The Labute approximate surface area is 158 Å². The topological polar surface area (TPSA) is 75.9 Å². The van der Waals surface area contributed by atoms with Crippen LogP contribution in [0.4, 0.5) is 21.9 Å². The predicted molar refractivity (Wildman–Crippen MR) is 101 cm³/mol. The van der Waals surface area contributed by atoms with E-state index in [1.54, 1.807) is 11.0 Å². The molecule has 26 heavy (non-hydrogen) atoms. The lowest BCUT2D eigenvalue weighted by Crippen LogP contribution is -2.33. The minimum absolute atomic E-state index is 0.0853. The number of benzene rings is 2.